The molecule has 3 rings (SSSR count). The number of nitrogens with zero attached hydrogens (tertiary/aromatic N) is 1. The summed E-state index contributed by atoms with van der Waals surface area (Å²) in [7, 11) is 0. The Labute approximate surface area is 124 Å². The number of hydrogen-bond donors (Lipinski definition) is 0. The standard InChI is InChI=1S/C17H21NO3/c1-2-12-20-17-15(18-10-6-3-7-11-18)16(19)13-8-4-5-9-14(13)21-17/h4-5,8-9H,2-3,6-7,10-12H2,1H3. The van der Waals surface area contributed by atoms with Gasteiger partial charge in [-0.1, -0.05) is 19.1 Å². The van der Waals surface area contributed by atoms with Crippen LogP contribution in [0.4, 0.5) is 5.69 Å². The molecular weight excluding hydrogens is 266 g/mol. The number of benzene rings is 1. The highest BCUT2D eigenvalue weighted by atomic mass is 16.6. The maximum absolute atomic E-state index is 12.8. The van der Waals surface area contributed by atoms with E-state index >= 15 is 0 Å². The molecule has 1 fully saturated rings. The highest BCUT2D eigenvalue weighted by molar-refractivity contribution is 5.81. The molecule has 0 bridgehead atoms. The van der Waals surface area contributed by atoms with Crippen LogP contribution in [0.5, 0.6) is 5.95 Å². The molecule has 0 saturated carbocycles. The second kappa shape index (κ2) is 6.20. The van der Waals surface area contributed by atoms with Gasteiger partial charge < -0.3 is 14.1 Å². The first-order chi connectivity index (χ1) is 10.3. The summed E-state index contributed by atoms with van der Waals surface area (Å²) in [4.78, 5) is 14.9. The first-order valence-electron chi connectivity index (χ1n) is 7.75. The van der Waals surface area contributed by atoms with Gasteiger partial charge in [0.05, 0.1) is 12.0 Å². The van der Waals surface area contributed by atoms with Gasteiger partial charge in [0, 0.05) is 13.1 Å². The van der Waals surface area contributed by atoms with Gasteiger partial charge in [0.15, 0.2) is 5.69 Å². The zero-order valence-corrected chi connectivity index (χ0v) is 12.4. The van der Waals surface area contributed by atoms with Crippen molar-refractivity contribution >= 4 is 16.7 Å². The van der Waals surface area contributed by atoms with Crippen LogP contribution in [-0.2, 0) is 0 Å². The third kappa shape index (κ3) is 2.75. The van der Waals surface area contributed by atoms with E-state index in [0.29, 0.717) is 29.2 Å². The molecule has 2 aromatic rings. The minimum Gasteiger partial charge on any atom is -0.464 e. The van der Waals surface area contributed by atoms with Crippen LogP contribution in [0.3, 0.4) is 0 Å². The van der Waals surface area contributed by atoms with Crippen LogP contribution >= 0.6 is 0 Å². The van der Waals surface area contributed by atoms with E-state index in [1.807, 2.05) is 31.2 Å². The summed E-state index contributed by atoms with van der Waals surface area (Å²) < 4.78 is 11.6. The maximum atomic E-state index is 12.8. The Morgan fingerprint density at radius 3 is 2.71 bits per heavy atom. The van der Waals surface area contributed by atoms with Crippen LogP contribution < -0.4 is 15.1 Å². The summed E-state index contributed by atoms with van der Waals surface area (Å²) in [6.45, 7) is 4.39. The zero-order chi connectivity index (χ0) is 14.7. The monoisotopic (exact) mass is 287 g/mol. The van der Waals surface area contributed by atoms with Gasteiger partial charge in [0.2, 0.25) is 5.43 Å². The van der Waals surface area contributed by atoms with Crippen LogP contribution in [-0.4, -0.2) is 19.7 Å². The molecule has 1 aromatic heterocycles. The lowest BCUT2D eigenvalue weighted by Gasteiger charge is -2.28. The number of rotatable bonds is 4. The Morgan fingerprint density at radius 2 is 1.95 bits per heavy atom. The molecule has 2 heterocycles. The molecule has 0 N–H and O–H groups in total. The highest BCUT2D eigenvalue weighted by Crippen LogP contribution is 2.30. The maximum Gasteiger partial charge on any atom is 0.313 e. The lowest BCUT2D eigenvalue weighted by Crippen LogP contribution is -2.33. The molecule has 1 saturated heterocycles. The van der Waals surface area contributed by atoms with Crippen LogP contribution in [0.2, 0.25) is 0 Å². The Kier molecular flexibility index (Phi) is 4.13. The topological polar surface area (TPSA) is 42.7 Å². The minimum absolute atomic E-state index is 0.0184. The van der Waals surface area contributed by atoms with E-state index in [1.165, 1.54) is 6.42 Å². The van der Waals surface area contributed by atoms with Crippen molar-refractivity contribution < 1.29 is 9.15 Å². The Balaban J connectivity index is 2.13. The molecule has 0 unspecified atom stereocenters. The van der Waals surface area contributed by atoms with E-state index in [-0.39, 0.29) is 5.43 Å². The lowest BCUT2D eigenvalue weighted by molar-refractivity contribution is 0.246. The number of anilines is 1. The second-order valence-electron chi connectivity index (χ2n) is 5.46. The molecule has 0 spiro atoms. The van der Waals surface area contributed by atoms with E-state index in [1.54, 1.807) is 0 Å². The van der Waals surface area contributed by atoms with Crippen LogP contribution in [0, 0.1) is 0 Å². The molecule has 112 valence electrons. The van der Waals surface area contributed by atoms with Gasteiger partial charge in [-0.2, -0.15) is 0 Å². The van der Waals surface area contributed by atoms with E-state index in [4.69, 9.17) is 9.15 Å². The number of para-hydroxylation sites is 1. The van der Waals surface area contributed by atoms with E-state index in [9.17, 15) is 4.79 Å². The van der Waals surface area contributed by atoms with Crippen molar-refractivity contribution in [2.24, 2.45) is 0 Å². The van der Waals surface area contributed by atoms with Gasteiger partial charge >= 0.3 is 5.95 Å². The van der Waals surface area contributed by atoms with Crippen molar-refractivity contribution in [1.82, 2.24) is 0 Å². The van der Waals surface area contributed by atoms with Crippen LogP contribution in [0.1, 0.15) is 32.6 Å². The van der Waals surface area contributed by atoms with E-state index < -0.39 is 0 Å². The predicted molar refractivity (Wildman–Crippen MR) is 84.3 cm³/mol. The molecule has 4 heteroatoms. The van der Waals surface area contributed by atoms with Crippen molar-refractivity contribution in [1.29, 1.82) is 0 Å². The summed E-state index contributed by atoms with van der Waals surface area (Å²) in [5, 5.41) is 0.627. The molecule has 21 heavy (non-hydrogen) atoms. The van der Waals surface area contributed by atoms with Crippen molar-refractivity contribution in [2.75, 3.05) is 24.6 Å². The smallest absolute Gasteiger partial charge is 0.313 e. The molecule has 0 aliphatic carbocycles. The fourth-order valence-electron chi connectivity index (χ4n) is 2.79. The molecule has 1 aromatic carbocycles. The number of piperidine rings is 1. The van der Waals surface area contributed by atoms with Crippen molar-refractivity contribution in [2.45, 2.75) is 32.6 Å². The third-order valence-corrected chi connectivity index (χ3v) is 3.85. The molecular formula is C17H21NO3. The first-order valence-corrected chi connectivity index (χ1v) is 7.75. The zero-order valence-electron chi connectivity index (χ0n) is 12.4. The minimum atomic E-state index is 0.0184. The lowest BCUT2D eigenvalue weighted by atomic mass is 10.1. The molecule has 1 aliphatic rings. The largest absolute Gasteiger partial charge is 0.464 e. The quantitative estimate of drug-likeness (QED) is 0.862. The summed E-state index contributed by atoms with van der Waals surface area (Å²) in [5.74, 6) is 0.377. The average molecular weight is 287 g/mol. The molecule has 0 atom stereocenters. The summed E-state index contributed by atoms with van der Waals surface area (Å²) in [6.07, 6.45) is 4.33. The number of ether oxygens (including phenoxy) is 1. The van der Waals surface area contributed by atoms with Gasteiger partial charge in [0.25, 0.3) is 0 Å². The predicted octanol–water partition coefficient (Wildman–Crippen LogP) is 3.57. The summed E-state index contributed by atoms with van der Waals surface area (Å²) in [6, 6.07) is 7.37. The Hall–Kier alpha value is -1.97. The summed E-state index contributed by atoms with van der Waals surface area (Å²) >= 11 is 0. The molecule has 0 radical (unpaired) electrons. The SMILES string of the molecule is CCCOc1oc2ccccc2c(=O)c1N1CCCCC1. The van der Waals surface area contributed by atoms with Gasteiger partial charge in [-0.3, -0.25) is 4.79 Å². The van der Waals surface area contributed by atoms with Crippen LogP contribution in [0.25, 0.3) is 11.0 Å². The highest BCUT2D eigenvalue weighted by Gasteiger charge is 2.23. The van der Waals surface area contributed by atoms with E-state index in [0.717, 1.165) is 32.4 Å². The fourth-order valence-corrected chi connectivity index (χ4v) is 2.79. The normalized spacial score (nSPS) is 15.4. The van der Waals surface area contributed by atoms with E-state index in [2.05, 4.69) is 4.90 Å². The number of fused-ring (bicyclic) bond motifs is 1. The summed E-state index contributed by atoms with van der Waals surface area (Å²) in [5.41, 5.74) is 1.21. The molecule has 1 aliphatic heterocycles. The van der Waals surface area contributed by atoms with Gasteiger partial charge in [-0.15, -0.1) is 0 Å². The molecule has 0 amide bonds. The third-order valence-electron chi connectivity index (χ3n) is 3.85. The first kappa shape index (κ1) is 14.0. The average Bonchev–Trinajstić information content (AvgIpc) is 2.54. The Morgan fingerprint density at radius 1 is 1.19 bits per heavy atom. The molecule has 4 nitrogen and oxygen atoms in total. The van der Waals surface area contributed by atoms with Gasteiger partial charge in [-0.05, 0) is 37.8 Å². The fraction of sp³-hybridized carbons (Fsp3) is 0.471. The van der Waals surface area contributed by atoms with Crippen molar-refractivity contribution in [3.05, 3.63) is 34.5 Å². The number of hydrogen-bond acceptors (Lipinski definition) is 4. The van der Waals surface area contributed by atoms with Crippen molar-refractivity contribution in [3.8, 4) is 5.95 Å². The second-order valence-corrected chi connectivity index (χ2v) is 5.46. The van der Waals surface area contributed by atoms with Crippen LogP contribution in [0.15, 0.2) is 33.5 Å². The van der Waals surface area contributed by atoms with Crippen molar-refractivity contribution in [3.63, 3.8) is 0 Å². The Bertz CT molecular complexity index is 671. The van der Waals surface area contributed by atoms with Gasteiger partial charge in [-0.25, -0.2) is 0 Å². The van der Waals surface area contributed by atoms with Gasteiger partial charge in [0.1, 0.15) is 5.58 Å².